The molecule has 0 aliphatic heterocycles. The van der Waals surface area contributed by atoms with Gasteiger partial charge in [0, 0.05) is 18.1 Å². The smallest absolute Gasteiger partial charge is 0.282 e. The topological polar surface area (TPSA) is 123 Å². The highest BCUT2D eigenvalue weighted by atomic mass is 32.1. The fraction of sp³-hybridized carbons (Fsp3) is 0.0870. The maximum atomic E-state index is 12.3. The number of para-hydroxylation sites is 1. The largest absolute Gasteiger partial charge is 0.493 e. The van der Waals surface area contributed by atoms with Crippen LogP contribution in [0.4, 0.5) is 5.69 Å². The van der Waals surface area contributed by atoms with Crippen LogP contribution in [-0.4, -0.2) is 28.5 Å². The average molecular weight is 465 g/mol. The van der Waals surface area contributed by atoms with Crippen LogP contribution in [0.5, 0.6) is 5.75 Å². The number of nitrogens with zero attached hydrogens (tertiary/aromatic N) is 1. The molecule has 0 fully saturated rings. The second kappa shape index (κ2) is 11.3. The van der Waals surface area contributed by atoms with E-state index < -0.39 is 16.7 Å². The van der Waals surface area contributed by atoms with E-state index >= 15 is 0 Å². The van der Waals surface area contributed by atoms with E-state index in [1.54, 1.807) is 24.3 Å². The molecule has 0 atom stereocenters. The minimum Gasteiger partial charge on any atom is -0.493 e. The van der Waals surface area contributed by atoms with E-state index in [4.69, 9.17) is 17.0 Å². The zero-order chi connectivity index (χ0) is 23.6. The zero-order valence-electron chi connectivity index (χ0n) is 17.3. The molecule has 0 unspecified atom stereocenters. The first-order valence-corrected chi connectivity index (χ1v) is 10.3. The Balaban J connectivity index is 1.46. The fourth-order valence-electron chi connectivity index (χ4n) is 2.85. The van der Waals surface area contributed by atoms with Crippen LogP contribution in [0.25, 0.3) is 0 Å². The molecule has 0 aliphatic carbocycles. The number of rotatable bonds is 7. The lowest BCUT2D eigenvalue weighted by Crippen LogP contribution is -2.48. The van der Waals surface area contributed by atoms with Crippen molar-refractivity contribution >= 4 is 34.8 Å². The highest BCUT2D eigenvalue weighted by molar-refractivity contribution is 7.80. The summed E-state index contributed by atoms with van der Waals surface area (Å²) >= 11 is 5.00. The van der Waals surface area contributed by atoms with Crippen LogP contribution in [-0.2, 0) is 6.42 Å². The molecule has 2 amide bonds. The van der Waals surface area contributed by atoms with Crippen molar-refractivity contribution in [2.75, 3.05) is 6.61 Å². The number of nitrogens with one attached hydrogen (secondary N) is 3. The third kappa shape index (κ3) is 6.84. The molecule has 0 aliphatic rings. The Morgan fingerprint density at radius 3 is 2.24 bits per heavy atom. The monoisotopic (exact) mass is 464 g/mol. The number of amides is 2. The van der Waals surface area contributed by atoms with Crippen molar-refractivity contribution in [1.29, 1.82) is 0 Å². The first-order chi connectivity index (χ1) is 15.9. The number of hydrazine groups is 1. The maximum Gasteiger partial charge on any atom is 0.282 e. The van der Waals surface area contributed by atoms with E-state index in [-0.39, 0.29) is 16.4 Å². The number of nitro benzene ring substituents is 1. The van der Waals surface area contributed by atoms with Crippen molar-refractivity contribution in [2.24, 2.45) is 0 Å². The van der Waals surface area contributed by atoms with Gasteiger partial charge in [0.15, 0.2) is 5.11 Å². The van der Waals surface area contributed by atoms with E-state index in [0.29, 0.717) is 17.9 Å². The Morgan fingerprint density at radius 1 is 0.879 bits per heavy atom. The molecule has 3 aromatic rings. The van der Waals surface area contributed by atoms with E-state index in [2.05, 4.69) is 16.2 Å². The molecular formula is C23H20N4O5S. The number of hydrogen-bond acceptors (Lipinski definition) is 6. The van der Waals surface area contributed by atoms with Gasteiger partial charge in [-0.15, -0.1) is 0 Å². The second-order valence-electron chi connectivity index (χ2n) is 6.75. The Bertz CT molecular complexity index is 1150. The molecule has 3 N–H and O–H groups in total. The van der Waals surface area contributed by atoms with Crippen molar-refractivity contribution in [3.05, 3.63) is 106 Å². The number of carbonyl (C=O) groups is 2. The predicted octanol–water partition coefficient (Wildman–Crippen LogP) is 3.17. The van der Waals surface area contributed by atoms with Crippen molar-refractivity contribution in [3.8, 4) is 5.75 Å². The van der Waals surface area contributed by atoms with Crippen LogP contribution >= 0.6 is 12.2 Å². The summed E-state index contributed by atoms with van der Waals surface area (Å²) < 4.78 is 5.69. The standard InChI is InChI=1S/C23H20N4O5S/c28-21(17-10-12-18(13-11-17)32-15-14-16-6-2-1-3-7-16)24-23(33)26-25-22(29)19-8-4-5-9-20(19)27(30)31/h1-13H,14-15H2,(H,25,29)(H2,24,26,28,33). The molecule has 0 radical (unpaired) electrons. The second-order valence-corrected chi connectivity index (χ2v) is 7.15. The molecule has 0 heterocycles. The molecule has 33 heavy (non-hydrogen) atoms. The molecule has 0 saturated heterocycles. The lowest BCUT2D eigenvalue weighted by Gasteiger charge is -2.11. The van der Waals surface area contributed by atoms with Gasteiger partial charge in [-0.05, 0) is 48.1 Å². The van der Waals surface area contributed by atoms with Crippen LogP contribution in [0.2, 0.25) is 0 Å². The molecule has 3 aromatic carbocycles. The number of benzene rings is 3. The Labute approximate surface area is 194 Å². The number of hydrogen-bond donors (Lipinski definition) is 3. The van der Waals surface area contributed by atoms with Crippen LogP contribution < -0.4 is 20.9 Å². The summed E-state index contributed by atoms with van der Waals surface area (Å²) in [6.07, 6.45) is 0.765. The van der Waals surface area contributed by atoms with E-state index in [9.17, 15) is 19.7 Å². The molecule has 0 spiro atoms. The van der Waals surface area contributed by atoms with Crippen LogP contribution in [0.15, 0.2) is 78.9 Å². The first-order valence-electron chi connectivity index (χ1n) is 9.86. The third-order valence-corrected chi connectivity index (χ3v) is 4.68. The molecule has 10 heteroatoms. The number of thiocarbonyl (C=S) groups is 1. The van der Waals surface area contributed by atoms with Crippen molar-refractivity contribution in [3.63, 3.8) is 0 Å². The summed E-state index contributed by atoms with van der Waals surface area (Å²) in [5.74, 6) is -0.640. The quantitative estimate of drug-likeness (QED) is 0.279. The SMILES string of the molecule is O=C(NC(=S)NNC(=O)c1ccccc1[N+](=O)[O-])c1ccc(OCCc2ccccc2)cc1. The van der Waals surface area contributed by atoms with E-state index in [1.165, 1.54) is 29.8 Å². The predicted molar refractivity (Wildman–Crippen MR) is 126 cm³/mol. The van der Waals surface area contributed by atoms with Gasteiger partial charge in [-0.1, -0.05) is 42.5 Å². The van der Waals surface area contributed by atoms with Crippen LogP contribution in [0, 0.1) is 10.1 Å². The van der Waals surface area contributed by atoms with Gasteiger partial charge < -0.3 is 4.74 Å². The Morgan fingerprint density at radius 2 is 1.55 bits per heavy atom. The molecule has 0 bridgehead atoms. The third-order valence-electron chi connectivity index (χ3n) is 4.48. The van der Waals surface area contributed by atoms with Gasteiger partial charge >= 0.3 is 0 Å². The minimum atomic E-state index is -0.768. The molecule has 0 saturated carbocycles. The highest BCUT2D eigenvalue weighted by Gasteiger charge is 2.19. The van der Waals surface area contributed by atoms with Gasteiger partial charge in [-0.2, -0.15) is 0 Å². The van der Waals surface area contributed by atoms with Gasteiger partial charge in [-0.25, -0.2) is 0 Å². The molecule has 9 nitrogen and oxygen atoms in total. The summed E-state index contributed by atoms with van der Waals surface area (Å²) in [6.45, 7) is 0.503. The van der Waals surface area contributed by atoms with E-state index in [0.717, 1.165) is 6.42 Å². The van der Waals surface area contributed by atoms with Crippen molar-refractivity contribution < 1.29 is 19.2 Å². The molecule has 3 rings (SSSR count). The average Bonchev–Trinajstić information content (AvgIpc) is 2.83. The van der Waals surface area contributed by atoms with Gasteiger partial charge in [0.1, 0.15) is 11.3 Å². The number of nitro groups is 1. The van der Waals surface area contributed by atoms with Crippen molar-refractivity contribution in [2.45, 2.75) is 6.42 Å². The number of ether oxygens (including phenoxy) is 1. The molecular weight excluding hydrogens is 444 g/mol. The van der Waals surface area contributed by atoms with Crippen LogP contribution in [0.1, 0.15) is 26.3 Å². The lowest BCUT2D eigenvalue weighted by molar-refractivity contribution is -0.385. The summed E-state index contributed by atoms with van der Waals surface area (Å²) in [7, 11) is 0. The van der Waals surface area contributed by atoms with Gasteiger partial charge in [0.05, 0.1) is 11.5 Å². The number of carbonyl (C=O) groups excluding carboxylic acids is 2. The fourth-order valence-corrected chi connectivity index (χ4v) is 2.99. The Hall–Kier alpha value is -4.31. The van der Waals surface area contributed by atoms with E-state index in [1.807, 2.05) is 30.3 Å². The van der Waals surface area contributed by atoms with Gasteiger partial charge in [-0.3, -0.25) is 35.9 Å². The highest BCUT2D eigenvalue weighted by Crippen LogP contribution is 2.17. The first kappa shape index (κ1) is 23.4. The lowest BCUT2D eigenvalue weighted by atomic mass is 10.2. The van der Waals surface area contributed by atoms with Crippen molar-refractivity contribution in [1.82, 2.24) is 16.2 Å². The normalized spacial score (nSPS) is 10.1. The minimum absolute atomic E-state index is 0.146. The summed E-state index contributed by atoms with van der Waals surface area (Å²) in [4.78, 5) is 34.9. The summed E-state index contributed by atoms with van der Waals surface area (Å²) in [5.41, 5.74) is 5.59. The Kier molecular flexibility index (Phi) is 8.03. The molecule has 0 aromatic heterocycles. The van der Waals surface area contributed by atoms with Gasteiger partial charge in [0.25, 0.3) is 17.5 Å². The maximum absolute atomic E-state index is 12.3. The van der Waals surface area contributed by atoms with Crippen LogP contribution in [0.3, 0.4) is 0 Å². The summed E-state index contributed by atoms with van der Waals surface area (Å²) in [6, 6.07) is 21.9. The molecule has 168 valence electrons. The van der Waals surface area contributed by atoms with Gasteiger partial charge in [0.2, 0.25) is 0 Å². The summed E-state index contributed by atoms with van der Waals surface area (Å²) in [5, 5.41) is 13.3. The zero-order valence-corrected chi connectivity index (χ0v) is 18.1.